The number of nitrogens with one attached hydrogen (secondary N) is 3. The molecule has 0 aromatic heterocycles. The number of hydrogen-bond acceptors (Lipinski definition) is 4. The van der Waals surface area contributed by atoms with Crippen molar-refractivity contribution in [1.82, 2.24) is 10.6 Å². The van der Waals surface area contributed by atoms with Crippen LogP contribution in [-0.2, 0) is 22.6 Å². The van der Waals surface area contributed by atoms with Gasteiger partial charge in [-0.1, -0.05) is 30.3 Å². The Bertz CT molecular complexity index is 820. The Morgan fingerprint density at radius 1 is 1.19 bits per heavy atom. The van der Waals surface area contributed by atoms with E-state index >= 15 is 0 Å². The Balaban J connectivity index is 1.54. The number of carbonyl (C=O) groups excluding carboxylic acids is 2. The first kappa shape index (κ1) is 17.9. The van der Waals surface area contributed by atoms with E-state index in [2.05, 4.69) is 22.0 Å². The van der Waals surface area contributed by atoms with Gasteiger partial charge in [0.05, 0.1) is 25.4 Å². The zero-order chi connectivity index (χ0) is 18.5. The van der Waals surface area contributed by atoms with Crippen LogP contribution in [0.5, 0.6) is 5.75 Å². The number of ether oxygens (including phenoxy) is 1. The van der Waals surface area contributed by atoms with Crippen LogP contribution in [0.3, 0.4) is 0 Å². The summed E-state index contributed by atoms with van der Waals surface area (Å²) in [5, 5.41) is 8.69. The molecule has 1 heterocycles. The normalized spacial score (nSPS) is 15.7. The molecule has 3 N–H and O–H groups in total. The zero-order valence-electron chi connectivity index (χ0n) is 15.0. The Labute approximate surface area is 152 Å². The van der Waals surface area contributed by atoms with E-state index in [-0.39, 0.29) is 24.4 Å². The predicted molar refractivity (Wildman–Crippen MR) is 100 cm³/mol. The van der Waals surface area contributed by atoms with Crippen molar-refractivity contribution < 1.29 is 14.3 Å². The second-order valence-electron chi connectivity index (χ2n) is 6.38. The molecule has 6 nitrogen and oxygen atoms in total. The molecule has 0 radical (unpaired) electrons. The fourth-order valence-electron chi connectivity index (χ4n) is 3.04. The van der Waals surface area contributed by atoms with Gasteiger partial charge < -0.3 is 20.7 Å². The van der Waals surface area contributed by atoms with Crippen LogP contribution in [0.2, 0.25) is 0 Å². The lowest BCUT2D eigenvalue weighted by Gasteiger charge is -2.25. The average Bonchev–Trinajstić information content (AvgIpc) is 2.66. The minimum absolute atomic E-state index is 0.0875. The molecule has 0 aliphatic carbocycles. The molecule has 0 saturated carbocycles. The quantitative estimate of drug-likeness (QED) is 0.765. The van der Waals surface area contributed by atoms with Gasteiger partial charge in [-0.2, -0.15) is 0 Å². The summed E-state index contributed by atoms with van der Waals surface area (Å²) in [4.78, 5) is 24.5. The molecule has 0 unspecified atom stereocenters. The highest BCUT2D eigenvalue weighted by molar-refractivity contribution is 5.96. The molecule has 3 rings (SSSR count). The van der Waals surface area contributed by atoms with Gasteiger partial charge in [0, 0.05) is 6.54 Å². The van der Waals surface area contributed by atoms with Gasteiger partial charge in [-0.05, 0) is 42.2 Å². The molecule has 0 saturated heterocycles. The van der Waals surface area contributed by atoms with Crippen LogP contribution in [0.25, 0.3) is 0 Å². The number of fused-ring (bicyclic) bond motifs is 1. The smallest absolute Gasteiger partial charge is 0.243 e. The molecule has 26 heavy (non-hydrogen) atoms. The maximum Gasteiger partial charge on any atom is 0.243 e. The third kappa shape index (κ3) is 4.21. The summed E-state index contributed by atoms with van der Waals surface area (Å²) in [6.07, 6.45) is 0.620. The number of carbonyl (C=O) groups is 2. The highest BCUT2D eigenvalue weighted by atomic mass is 16.5. The van der Waals surface area contributed by atoms with Crippen LogP contribution in [-0.4, -0.2) is 31.5 Å². The highest BCUT2D eigenvalue weighted by Gasteiger charge is 2.24. The Hall–Kier alpha value is -2.86. The first-order valence-electron chi connectivity index (χ1n) is 8.59. The fraction of sp³-hybridized carbons (Fsp3) is 0.300. The maximum atomic E-state index is 12.4. The van der Waals surface area contributed by atoms with Gasteiger partial charge in [0.25, 0.3) is 0 Å². The largest absolute Gasteiger partial charge is 0.495 e. The van der Waals surface area contributed by atoms with Crippen molar-refractivity contribution in [1.29, 1.82) is 0 Å². The summed E-state index contributed by atoms with van der Waals surface area (Å²) < 4.78 is 5.24. The third-order valence-corrected chi connectivity index (χ3v) is 4.45. The van der Waals surface area contributed by atoms with E-state index in [4.69, 9.17) is 4.74 Å². The molecule has 1 aliphatic heterocycles. The van der Waals surface area contributed by atoms with Crippen molar-refractivity contribution in [2.24, 2.45) is 0 Å². The number of anilines is 1. The standard InChI is InChI=1S/C20H23N3O3/c1-13-7-8-18(26-2)16(9-13)23-19(24)12-22-20(25)17-10-14-5-3-4-6-15(14)11-21-17/h3-9,17,21H,10-12H2,1-2H3,(H,22,25)(H,23,24)/t17-/m0/s1. The summed E-state index contributed by atoms with van der Waals surface area (Å²) >= 11 is 0. The minimum Gasteiger partial charge on any atom is -0.495 e. The van der Waals surface area contributed by atoms with Crippen molar-refractivity contribution >= 4 is 17.5 Å². The molecule has 2 amide bonds. The van der Waals surface area contributed by atoms with Crippen molar-refractivity contribution in [2.45, 2.75) is 25.9 Å². The second-order valence-corrected chi connectivity index (χ2v) is 6.38. The van der Waals surface area contributed by atoms with Gasteiger partial charge in [0.15, 0.2) is 0 Å². The van der Waals surface area contributed by atoms with E-state index in [0.717, 1.165) is 5.56 Å². The summed E-state index contributed by atoms with van der Waals surface area (Å²) in [5.74, 6) is 0.116. The summed E-state index contributed by atoms with van der Waals surface area (Å²) in [6.45, 7) is 2.50. The number of aryl methyl sites for hydroxylation is 1. The number of methoxy groups -OCH3 is 1. The first-order chi connectivity index (χ1) is 12.6. The van der Waals surface area contributed by atoms with Crippen molar-refractivity contribution in [3.63, 3.8) is 0 Å². The number of amides is 2. The molecule has 0 fully saturated rings. The summed E-state index contributed by atoms with van der Waals surface area (Å²) in [5.41, 5.74) is 3.98. The lowest BCUT2D eigenvalue weighted by molar-refractivity contribution is -0.125. The van der Waals surface area contributed by atoms with Crippen LogP contribution in [0.15, 0.2) is 42.5 Å². The summed E-state index contributed by atoms with van der Waals surface area (Å²) in [7, 11) is 1.55. The monoisotopic (exact) mass is 353 g/mol. The lowest BCUT2D eigenvalue weighted by Crippen LogP contribution is -2.49. The predicted octanol–water partition coefficient (Wildman–Crippen LogP) is 1.77. The average molecular weight is 353 g/mol. The maximum absolute atomic E-state index is 12.4. The highest BCUT2D eigenvalue weighted by Crippen LogP contribution is 2.25. The van der Waals surface area contributed by atoms with Gasteiger partial charge in [-0.3, -0.25) is 9.59 Å². The molecule has 6 heteroatoms. The number of benzene rings is 2. The topological polar surface area (TPSA) is 79.5 Å². The number of rotatable bonds is 5. The van der Waals surface area contributed by atoms with Gasteiger partial charge in [0.2, 0.25) is 11.8 Å². The van der Waals surface area contributed by atoms with Gasteiger partial charge in [0.1, 0.15) is 5.75 Å². The van der Waals surface area contributed by atoms with E-state index in [1.54, 1.807) is 13.2 Å². The molecule has 0 bridgehead atoms. The Kier molecular flexibility index (Phi) is 5.53. The lowest BCUT2D eigenvalue weighted by atomic mass is 9.95. The Morgan fingerprint density at radius 3 is 2.73 bits per heavy atom. The molecule has 2 aromatic carbocycles. The van der Waals surface area contributed by atoms with Crippen LogP contribution >= 0.6 is 0 Å². The van der Waals surface area contributed by atoms with Crippen LogP contribution in [0.1, 0.15) is 16.7 Å². The SMILES string of the molecule is COc1ccc(C)cc1NC(=O)CNC(=O)[C@@H]1Cc2ccccc2CN1. The molecular weight excluding hydrogens is 330 g/mol. The van der Waals surface area contributed by atoms with Crippen molar-refractivity contribution in [3.05, 3.63) is 59.2 Å². The molecule has 1 atom stereocenters. The summed E-state index contributed by atoms with van der Waals surface area (Å²) in [6, 6.07) is 13.3. The zero-order valence-corrected chi connectivity index (χ0v) is 15.0. The first-order valence-corrected chi connectivity index (χ1v) is 8.59. The van der Waals surface area contributed by atoms with Crippen molar-refractivity contribution in [2.75, 3.05) is 19.0 Å². The second kappa shape index (κ2) is 8.01. The van der Waals surface area contributed by atoms with Gasteiger partial charge >= 0.3 is 0 Å². The van der Waals surface area contributed by atoms with Crippen LogP contribution < -0.4 is 20.7 Å². The molecular formula is C20H23N3O3. The number of hydrogen-bond donors (Lipinski definition) is 3. The van der Waals surface area contributed by atoms with Gasteiger partial charge in [-0.25, -0.2) is 0 Å². The van der Waals surface area contributed by atoms with E-state index in [1.165, 1.54) is 11.1 Å². The van der Waals surface area contributed by atoms with Crippen LogP contribution in [0, 0.1) is 6.92 Å². The molecule has 136 valence electrons. The van der Waals surface area contributed by atoms with E-state index in [0.29, 0.717) is 24.4 Å². The Morgan fingerprint density at radius 2 is 1.96 bits per heavy atom. The minimum atomic E-state index is -0.328. The fourth-order valence-corrected chi connectivity index (χ4v) is 3.04. The van der Waals surface area contributed by atoms with Crippen molar-refractivity contribution in [3.8, 4) is 5.75 Å². The molecule has 0 spiro atoms. The molecule has 1 aliphatic rings. The third-order valence-electron chi connectivity index (χ3n) is 4.45. The van der Waals surface area contributed by atoms with E-state index < -0.39 is 0 Å². The van der Waals surface area contributed by atoms with E-state index in [1.807, 2.05) is 37.3 Å². The van der Waals surface area contributed by atoms with Crippen LogP contribution in [0.4, 0.5) is 5.69 Å². The van der Waals surface area contributed by atoms with E-state index in [9.17, 15) is 9.59 Å². The van der Waals surface area contributed by atoms with Gasteiger partial charge in [-0.15, -0.1) is 0 Å². The molecule has 2 aromatic rings.